The fourth-order valence-corrected chi connectivity index (χ4v) is 2.53. The maximum Gasteiger partial charge on any atom is 0.250 e. The molecule has 0 unspecified atom stereocenters. The van der Waals surface area contributed by atoms with Gasteiger partial charge in [-0.2, -0.15) is 5.10 Å². The summed E-state index contributed by atoms with van der Waals surface area (Å²) in [6.07, 6.45) is 3.62. The van der Waals surface area contributed by atoms with Gasteiger partial charge in [0.1, 0.15) is 0 Å². The fourth-order valence-electron chi connectivity index (χ4n) is 1.71. The first-order valence-corrected chi connectivity index (χ1v) is 7.91. The molecule has 21 heavy (non-hydrogen) atoms. The monoisotopic (exact) mass is 321 g/mol. The fraction of sp³-hybridized carbons (Fsp3) is 0.200. The van der Waals surface area contributed by atoms with E-state index in [-0.39, 0.29) is 5.91 Å². The van der Waals surface area contributed by atoms with Crippen molar-refractivity contribution in [1.29, 1.82) is 0 Å². The number of hydrogen-bond acceptors (Lipinski definition) is 3. The van der Waals surface area contributed by atoms with Crippen molar-refractivity contribution in [3.63, 3.8) is 0 Å². The standard InChI is InChI=1S/C15H16ClN3OS/c1-2-19-9-3-4-13(19)10-17-18-15(20)11-21-14-7-5-12(16)6-8-14/h3-10H,2,11H2,1H3,(H,18,20)/b17-10-. The number of aromatic nitrogens is 1. The number of nitrogens with zero attached hydrogens (tertiary/aromatic N) is 2. The van der Waals surface area contributed by atoms with Crippen molar-refractivity contribution in [3.05, 3.63) is 53.3 Å². The van der Waals surface area contributed by atoms with Gasteiger partial charge in [-0.25, -0.2) is 5.43 Å². The summed E-state index contributed by atoms with van der Waals surface area (Å²) in [5.74, 6) is 0.175. The molecule has 2 rings (SSSR count). The van der Waals surface area contributed by atoms with Gasteiger partial charge < -0.3 is 4.57 Å². The number of hydrogen-bond donors (Lipinski definition) is 1. The van der Waals surface area contributed by atoms with Crippen LogP contribution in [0.25, 0.3) is 0 Å². The number of benzene rings is 1. The minimum Gasteiger partial charge on any atom is -0.347 e. The zero-order valence-corrected chi connectivity index (χ0v) is 13.2. The molecule has 4 nitrogen and oxygen atoms in total. The van der Waals surface area contributed by atoms with Crippen LogP contribution in [0.2, 0.25) is 5.02 Å². The Morgan fingerprint density at radius 2 is 2.14 bits per heavy atom. The zero-order valence-electron chi connectivity index (χ0n) is 11.6. The van der Waals surface area contributed by atoms with E-state index in [4.69, 9.17) is 11.6 Å². The van der Waals surface area contributed by atoms with Crippen LogP contribution < -0.4 is 5.43 Å². The molecule has 0 spiro atoms. The number of thioether (sulfide) groups is 1. The molecular formula is C15H16ClN3OS. The predicted molar refractivity (Wildman–Crippen MR) is 88.0 cm³/mol. The lowest BCUT2D eigenvalue weighted by Crippen LogP contribution is -2.19. The molecule has 1 amide bonds. The van der Waals surface area contributed by atoms with E-state index in [2.05, 4.69) is 17.5 Å². The zero-order chi connectivity index (χ0) is 15.1. The Hall–Kier alpha value is -1.72. The molecule has 0 radical (unpaired) electrons. The summed E-state index contributed by atoms with van der Waals surface area (Å²) in [6.45, 7) is 2.92. The van der Waals surface area contributed by atoms with Crippen LogP contribution >= 0.6 is 23.4 Å². The third-order valence-corrected chi connectivity index (χ3v) is 4.04. The summed E-state index contributed by atoms with van der Waals surface area (Å²) in [5.41, 5.74) is 3.49. The van der Waals surface area contributed by atoms with E-state index in [0.717, 1.165) is 17.1 Å². The lowest BCUT2D eigenvalue weighted by molar-refractivity contribution is -0.118. The summed E-state index contributed by atoms with van der Waals surface area (Å²) in [7, 11) is 0. The van der Waals surface area contributed by atoms with E-state index in [1.165, 1.54) is 11.8 Å². The summed E-state index contributed by atoms with van der Waals surface area (Å²) >= 11 is 7.25. The van der Waals surface area contributed by atoms with Crippen molar-refractivity contribution < 1.29 is 4.79 Å². The summed E-state index contributed by atoms with van der Waals surface area (Å²) in [5, 5.41) is 4.66. The van der Waals surface area contributed by atoms with Crippen LogP contribution in [0.15, 0.2) is 52.6 Å². The molecule has 0 bridgehead atoms. The lowest BCUT2D eigenvalue weighted by Gasteiger charge is -2.02. The van der Waals surface area contributed by atoms with Crippen LogP contribution in [0.3, 0.4) is 0 Å². The molecule has 1 N–H and O–H groups in total. The highest BCUT2D eigenvalue weighted by atomic mass is 35.5. The Balaban J connectivity index is 1.78. The highest BCUT2D eigenvalue weighted by Crippen LogP contribution is 2.19. The number of halogens is 1. The molecule has 1 heterocycles. The van der Waals surface area contributed by atoms with E-state index in [0.29, 0.717) is 10.8 Å². The second-order valence-corrected chi connectivity index (χ2v) is 5.74. The third-order valence-electron chi connectivity index (χ3n) is 2.77. The first-order chi connectivity index (χ1) is 10.2. The van der Waals surface area contributed by atoms with Crippen LogP contribution in [0.4, 0.5) is 0 Å². The van der Waals surface area contributed by atoms with Gasteiger partial charge in [-0.1, -0.05) is 11.6 Å². The maximum absolute atomic E-state index is 11.7. The average molecular weight is 322 g/mol. The van der Waals surface area contributed by atoms with Gasteiger partial charge in [0.25, 0.3) is 0 Å². The van der Waals surface area contributed by atoms with Crippen molar-refractivity contribution in [2.75, 3.05) is 5.75 Å². The molecule has 1 aromatic carbocycles. The molecule has 0 saturated carbocycles. The molecule has 0 aliphatic carbocycles. The Morgan fingerprint density at radius 1 is 1.38 bits per heavy atom. The number of carbonyl (C=O) groups excluding carboxylic acids is 1. The van der Waals surface area contributed by atoms with Crippen LogP contribution in [0.1, 0.15) is 12.6 Å². The Kier molecular flexibility index (Phi) is 5.90. The van der Waals surface area contributed by atoms with E-state index in [9.17, 15) is 4.79 Å². The first kappa shape index (κ1) is 15.7. The molecule has 0 aliphatic heterocycles. The highest BCUT2D eigenvalue weighted by molar-refractivity contribution is 8.00. The minimum absolute atomic E-state index is 0.138. The predicted octanol–water partition coefficient (Wildman–Crippen LogP) is 3.40. The number of rotatable bonds is 6. The molecule has 6 heteroatoms. The summed E-state index contributed by atoms with van der Waals surface area (Å²) < 4.78 is 2.04. The van der Waals surface area contributed by atoms with E-state index < -0.39 is 0 Å². The lowest BCUT2D eigenvalue weighted by atomic mass is 10.4. The van der Waals surface area contributed by atoms with Crippen molar-refractivity contribution in [1.82, 2.24) is 9.99 Å². The average Bonchev–Trinajstić information content (AvgIpc) is 2.94. The van der Waals surface area contributed by atoms with Crippen LogP contribution in [-0.4, -0.2) is 22.4 Å². The number of aryl methyl sites for hydroxylation is 1. The highest BCUT2D eigenvalue weighted by Gasteiger charge is 2.02. The second kappa shape index (κ2) is 7.90. The number of nitrogens with one attached hydrogen (secondary N) is 1. The van der Waals surface area contributed by atoms with E-state index >= 15 is 0 Å². The minimum atomic E-state index is -0.138. The van der Waals surface area contributed by atoms with Gasteiger partial charge in [0, 0.05) is 22.7 Å². The van der Waals surface area contributed by atoms with Crippen LogP contribution in [0.5, 0.6) is 0 Å². The number of carbonyl (C=O) groups is 1. The van der Waals surface area contributed by atoms with Gasteiger partial charge in [0.05, 0.1) is 17.7 Å². The topological polar surface area (TPSA) is 46.4 Å². The number of hydrazone groups is 1. The molecule has 0 atom stereocenters. The van der Waals surface area contributed by atoms with Crippen molar-refractivity contribution in [2.45, 2.75) is 18.4 Å². The summed E-state index contributed by atoms with van der Waals surface area (Å²) in [4.78, 5) is 12.7. The van der Waals surface area contributed by atoms with Crippen molar-refractivity contribution in [3.8, 4) is 0 Å². The van der Waals surface area contributed by atoms with Gasteiger partial charge in [-0.15, -0.1) is 11.8 Å². The Labute approximate surface area is 133 Å². The van der Waals surface area contributed by atoms with Crippen molar-refractivity contribution in [2.24, 2.45) is 5.10 Å². The third kappa shape index (κ3) is 4.95. The van der Waals surface area contributed by atoms with Crippen molar-refractivity contribution >= 4 is 35.5 Å². The molecule has 0 saturated heterocycles. The Bertz CT molecular complexity index is 622. The molecule has 0 fully saturated rings. The van der Waals surface area contributed by atoms with E-state index in [1.807, 2.05) is 35.0 Å². The van der Waals surface area contributed by atoms with Gasteiger partial charge in [0.2, 0.25) is 5.91 Å². The second-order valence-electron chi connectivity index (χ2n) is 4.25. The quantitative estimate of drug-likeness (QED) is 0.503. The van der Waals surface area contributed by atoms with Gasteiger partial charge in [-0.05, 0) is 43.3 Å². The van der Waals surface area contributed by atoms with Gasteiger partial charge >= 0.3 is 0 Å². The largest absolute Gasteiger partial charge is 0.347 e. The molecule has 110 valence electrons. The molecular weight excluding hydrogens is 306 g/mol. The van der Waals surface area contributed by atoms with Crippen LogP contribution in [0, 0.1) is 0 Å². The molecule has 1 aromatic heterocycles. The maximum atomic E-state index is 11.7. The van der Waals surface area contributed by atoms with Crippen LogP contribution in [-0.2, 0) is 11.3 Å². The SMILES string of the molecule is CCn1cccc1/C=N\NC(=O)CSc1ccc(Cl)cc1. The van der Waals surface area contributed by atoms with E-state index in [1.54, 1.807) is 18.3 Å². The summed E-state index contributed by atoms with van der Waals surface area (Å²) in [6, 6.07) is 11.3. The van der Waals surface area contributed by atoms with Gasteiger partial charge in [-0.3, -0.25) is 4.79 Å². The van der Waals surface area contributed by atoms with Gasteiger partial charge in [0.15, 0.2) is 0 Å². The normalized spacial score (nSPS) is 11.0. The Morgan fingerprint density at radius 3 is 2.86 bits per heavy atom. The smallest absolute Gasteiger partial charge is 0.250 e. The first-order valence-electron chi connectivity index (χ1n) is 6.54. The molecule has 0 aliphatic rings. The number of amides is 1. The molecule has 2 aromatic rings.